The molecule has 5 heterocycles. The second-order valence-electron chi connectivity index (χ2n) is 22.4. The Morgan fingerprint density at radius 3 is 1.33 bits per heavy atom. The van der Waals surface area contributed by atoms with Crippen molar-refractivity contribution in [1.29, 1.82) is 0 Å². The Bertz CT molecular complexity index is 2660. The predicted octanol–water partition coefficient (Wildman–Crippen LogP) is -3.08. The minimum absolute atomic E-state index is 0.0311. The van der Waals surface area contributed by atoms with Gasteiger partial charge in [0, 0.05) is 70.5 Å². The van der Waals surface area contributed by atoms with Gasteiger partial charge in [-0.15, -0.1) is 0 Å². The van der Waals surface area contributed by atoms with E-state index in [9.17, 15) is 59.7 Å². The fourth-order valence-corrected chi connectivity index (χ4v) is 12.0. The number of alkyl carbamates (subject to hydrolysis) is 2. The zero-order valence-electron chi connectivity index (χ0n) is 53.8. The molecule has 35 nitrogen and oxygen atoms in total. The number of aliphatic hydroxyl groups is 5. The topological polar surface area (TPSA) is 448 Å². The molecule has 2 aromatic carbocycles. The summed E-state index contributed by atoms with van der Waals surface area (Å²) in [5, 5.41) is 85.4. The maximum atomic E-state index is 13.8. The van der Waals surface area contributed by atoms with E-state index < -0.39 is 209 Å². The van der Waals surface area contributed by atoms with E-state index in [-0.39, 0.29) is 32.8 Å². The minimum atomic E-state index is -2.14. The van der Waals surface area contributed by atoms with Crippen molar-refractivity contribution in [3.05, 3.63) is 71.8 Å². The second kappa shape index (κ2) is 37.4. The number of rotatable bonds is 33. The lowest BCUT2D eigenvalue weighted by Gasteiger charge is -2.50. The molecule has 5 aliphatic heterocycles. The predicted molar refractivity (Wildman–Crippen MR) is 314 cm³/mol. The van der Waals surface area contributed by atoms with E-state index >= 15 is 0 Å². The Balaban J connectivity index is 1.00. The maximum absolute atomic E-state index is 13.8. The number of carbonyl (C=O) groups is 5. The van der Waals surface area contributed by atoms with Crippen molar-refractivity contribution in [2.45, 2.75) is 179 Å². The van der Waals surface area contributed by atoms with E-state index in [4.69, 9.17) is 94.7 Å². The lowest BCUT2D eigenvalue weighted by atomic mass is 9.92. The standard InChI is InChI=1S/C60H89N3O32/c1-76-27-34-40(37(68)38(77-2)31(87-34)20-21-61-52(69)30(63-60(75)86-26-29-18-14-11-15-19-29)22-62-59(74)85-25-28-16-12-10-13-17-28)91-58-50(83-8)43(80-5)45(47(94-58)53(70)71)92-55-36(67)35(66)39(32(23-64)88-55)90-57-51(84-9)44(81-6)46(48(95-57)54(72)73)93-56-49(82-7)42(79-4)41(78-3)33(24-65)89-56/h10-19,30-51,55-58,64-68H,20-27H2,1-9H3,(H,61,69)(H,62,74)(H,63,75)(H,70,71)(H,72,73)/t30-,31+,32-,33-,34-,35-,36-,37-,38+,39-,40-,41-,42+,43+,44+,45+,46+,47-,48+,49-,50-,51-,55-,56-,57-,58-/m1/s1. The van der Waals surface area contributed by atoms with Crippen LogP contribution in [0, 0.1) is 0 Å². The van der Waals surface area contributed by atoms with Gasteiger partial charge in [-0.05, 0) is 17.5 Å². The van der Waals surface area contributed by atoms with E-state index in [1.807, 2.05) is 0 Å². The molecule has 10 N–H and O–H groups in total. The summed E-state index contributed by atoms with van der Waals surface area (Å²) in [6.45, 7) is -2.52. The summed E-state index contributed by atoms with van der Waals surface area (Å²) >= 11 is 0. The Labute approximate surface area is 546 Å². The first kappa shape index (κ1) is 76.8. The Kier molecular flexibility index (Phi) is 30.3. The van der Waals surface area contributed by atoms with Crippen LogP contribution in [0.5, 0.6) is 0 Å². The van der Waals surface area contributed by atoms with Gasteiger partial charge >= 0.3 is 24.1 Å². The van der Waals surface area contributed by atoms with E-state index in [0.29, 0.717) is 11.1 Å². The van der Waals surface area contributed by atoms with Crippen LogP contribution in [0.2, 0.25) is 0 Å². The summed E-state index contributed by atoms with van der Waals surface area (Å²) in [4.78, 5) is 65.7. The molecular weight excluding hydrogens is 1270 g/mol. The van der Waals surface area contributed by atoms with Crippen LogP contribution in [0.25, 0.3) is 0 Å². The fourth-order valence-electron chi connectivity index (χ4n) is 12.0. The summed E-state index contributed by atoms with van der Waals surface area (Å²) in [6, 6.07) is 16.3. The van der Waals surface area contributed by atoms with Crippen LogP contribution in [-0.2, 0) is 122 Å². The van der Waals surface area contributed by atoms with Gasteiger partial charge in [0.15, 0.2) is 37.4 Å². The number of aliphatic carboxylic acids is 2. The SMILES string of the molecule is COC[C@H]1O[C@@H](CCNC(=O)[C@@H](CNC(=O)OCc2ccccc2)NC(=O)OCc2ccccc2)[C@H](OC)[C@@H](O)[C@@H]1O[C@@H]1O[C@@H](C(=O)O)[C@@H](O[C@H]2O[C@H](CO)[C@@H](O[C@@H]3O[C@H](C(=O)O)[C@@H](O[C@H]4O[C@H](CO)[C@@H](OC)[C@H](OC)[C@H]4OC)[C@H](OC)[C@H]3OC)[C@H](O)[C@H]2O)[C@H](OC)[C@H]1OC. The molecular formula is C60H89N3O32. The first-order chi connectivity index (χ1) is 45.8. The first-order valence-electron chi connectivity index (χ1n) is 30.3. The molecule has 0 aliphatic carbocycles. The highest BCUT2D eigenvalue weighted by Crippen LogP contribution is 2.39. The van der Waals surface area contributed by atoms with Crippen LogP contribution >= 0.6 is 0 Å². The Hall–Kier alpha value is -5.53. The highest BCUT2D eigenvalue weighted by atomic mass is 16.8. The third-order valence-electron chi connectivity index (χ3n) is 16.7. The van der Waals surface area contributed by atoms with E-state index in [1.54, 1.807) is 60.7 Å². The minimum Gasteiger partial charge on any atom is -0.479 e. The molecule has 5 aliphatic rings. The van der Waals surface area contributed by atoms with Gasteiger partial charge in [0.1, 0.15) is 129 Å². The van der Waals surface area contributed by atoms with E-state index in [0.717, 1.165) is 0 Å². The lowest BCUT2D eigenvalue weighted by molar-refractivity contribution is -0.390. The molecule has 0 bridgehead atoms. The summed E-state index contributed by atoms with van der Waals surface area (Å²) < 4.78 is 117. The summed E-state index contributed by atoms with van der Waals surface area (Å²) in [5.41, 5.74) is 1.38. The molecule has 5 saturated heterocycles. The number of hydrogen-bond acceptors (Lipinski definition) is 30. The van der Waals surface area contributed by atoms with Crippen LogP contribution in [0.15, 0.2) is 60.7 Å². The normalized spacial score (nSPS) is 36.1. The molecule has 35 heteroatoms. The summed E-state index contributed by atoms with van der Waals surface area (Å²) in [5.74, 6) is -4.01. The maximum Gasteiger partial charge on any atom is 0.408 e. The number of nitrogens with one attached hydrogen (secondary N) is 3. The molecule has 95 heavy (non-hydrogen) atoms. The van der Waals surface area contributed by atoms with Crippen LogP contribution in [0.3, 0.4) is 0 Å². The van der Waals surface area contributed by atoms with Crippen molar-refractivity contribution < 1.29 is 154 Å². The number of carbonyl (C=O) groups excluding carboxylic acids is 3. The number of aliphatic hydroxyl groups excluding tert-OH is 5. The smallest absolute Gasteiger partial charge is 0.408 e. The third-order valence-corrected chi connectivity index (χ3v) is 16.7. The highest BCUT2D eigenvalue weighted by Gasteiger charge is 2.60. The van der Waals surface area contributed by atoms with Crippen LogP contribution in [0.1, 0.15) is 17.5 Å². The quantitative estimate of drug-likeness (QED) is 0.0339. The number of amides is 3. The monoisotopic (exact) mass is 1360 g/mol. The highest BCUT2D eigenvalue weighted by molar-refractivity contribution is 5.86. The third kappa shape index (κ3) is 19.0. The molecule has 0 spiro atoms. The van der Waals surface area contributed by atoms with Crippen molar-refractivity contribution in [2.24, 2.45) is 0 Å². The largest absolute Gasteiger partial charge is 0.479 e. The van der Waals surface area contributed by atoms with Crippen molar-refractivity contribution in [3.63, 3.8) is 0 Å². The van der Waals surface area contributed by atoms with Gasteiger partial charge in [0.05, 0.1) is 32.5 Å². The molecule has 0 saturated carbocycles. The van der Waals surface area contributed by atoms with Gasteiger partial charge in [0.25, 0.3) is 0 Å². The van der Waals surface area contributed by atoms with Gasteiger partial charge in [-0.3, -0.25) is 4.79 Å². The molecule has 0 aromatic heterocycles. The van der Waals surface area contributed by atoms with Crippen LogP contribution in [0.4, 0.5) is 9.59 Å². The molecule has 5 fully saturated rings. The van der Waals surface area contributed by atoms with Gasteiger partial charge in [-0.25, -0.2) is 19.2 Å². The first-order valence-corrected chi connectivity index (χ1v) is 30.3. The number of methoxy groups -OCH3 is 9. The van der Waals surface area contributed by atoms with Gasteiger partial charge in [-0.2, -0.15) is 0 Å². The Morgan fingerprint density at radius 1 is 0.442 bits per heavy atom. The number of hydrogen-bond donors (Lipinski definition) is 10. The average Bonchev–Trinajstić information content (AvgIpc) is 0.773. The summed E-state index contributed by atoms with van der Waals surface area (Å²) in [7, 11) is 11.5. The molecule has 7 rings (SSSR count). The molecule has 3 amide bonds. The van der Waals surface area contributed by atoms with Gasteiger partial charge < -0.3 is 146 Å². The zero-order chi connectivity index (χ0) is 69.0. The number of carboxylic acids is 2. The average molecular weight is 1360 g/mol. The van der Waals surface area contributed by atoms with Crippen molar-refractivity contribution in [2.75, 3.05) is 96.9 Å². The number of carboxylic acid groups (broad SMARTS) is 2. The molecule has 0 radical (unpaired) electrons. The summed E-state index contributed by atoms with van der Waals surface area (Å²) in [6.07, 6.45) is -39.7. The molecule has 0 unspecified atom stereocenters. The van der Waals surface area contributed by atoms with Crippen molar-refractivity contribution >= 4 is 30.0 Å². The fraction of sp³-hybridized carbons (Fsp3) is 0.717. The molecule has 26 atom stereocenters. The number of ether oxygens (including phenoxy) is 20. The Morgan fingerprint density at radius 2 is 0.863 bits per heavy atom. The molecule has 2 aromatic rings. The van der Waals surface area contributed by atoms with Crippen LogP contribution in [-0.4, -0.2) is 322 Å². The van der Waals surface area contributed by atoms with Gasteiger partial charge in [-0.1, -0.05) is 60.7 Å². The second-order valence-corrected chi connectivity index (χ2v) is 22.4. The van der Waals surface area contributed by atoms with Gasteiger partial charge in [0.2, 0.25) is 5.91 Å². The van der Waals surface area contributed by atoms with Crippen molar-refractivity contribution in [1.82, 2.24) is 16.0 Å². The lowest BCUT2D eigenvalue weighted by Crippen LogP contribution is -2.69. The zero-order valence-corrected chi connectivity index (χ0v) is 53.8. The molecule has 536 valence electrons. The van der Waals surface area contributed by atoms with E-state index in [2.05, 4.69) is 16.0 Å². The van der Waals surface area contributed by atoms with Crippen LogP contribution < -0.4 is 16.0 Å². The van der Waals surface area contributed by atoms with Crippen molar-refractivity contribution in [3.8, 4) is 0 Å². The van der Waals surface area contributed by atoms with E-state index in [1.165, 1.54) is 64.0 Å². The number of benzene rings is 2.